The molecular formula is C11H20N4S. The number of nitrogen functional groups attached to an aromatic ring is 1. The molecule has 0 bridgehead atoms. The van der Waals surface area contributed by atoms with Crippen LogP contribution in [-0.4, -0.2) is 34.9 Å². The lowest BCUT2D eigenvalue weighted by Crippen LogP contribution is -2.32. The summed E-state index contributed by atoms with van der Waals surface area (Å²) in [5, 5.41) is 4.61. The zero-order valence-electron chi connectivity index (χ0n) is 9.99. The summed E-state index contributed by atoms with van der Waals surface area (Å²) in [4.78, 5) is 2.51. The fourth-order valence-corrected chi connectivity index (χ4v) is 2.93. The average molecular weight is 240 g/mol. The van der Waals surface area contributed by atoms with E-state index in [-0.39, 0.29) is 0 Å². The number of hydrogen-bond acceptors (Lipinski definition) is 5. The lowest BCUT2D eigenvalue weighted by Gasteiger charge is -2.21. The van der Waals surface area contributed by atoms with Gasteiger partial charge in [0.15, 0.2) is 0 Å². The fourth-order valence-electron chi connectivity index (χ4n) is 2.10. The van der Waals surface area contributed by atoms with Crippen LogP contribution in [0.3, 0.4) is 0 Å². The molecule has 1 saturated heterocycles. The number of likely N-dealkylation sites (tertiary alicyclic amines) is 1. The molecule has 1 atom stereocenters. The van der Waals surface area contributed by atoms with Crippen LogP contribution in [0.15, 0.2) is 0 Å². The number of nitrogens with one attached hydrogen (secondary N) is 1. The topological polar surface area (TPSA) is 54.2 Å². The number of nitrogens with two attached hydrogens (primary N) is 1. The summed E-state index contributed by atoms with van der Waals surface area (Å²) >= 11 is 1.46. The Balaban J connectivity index is 1.86. The molecule has 0 spiro atoms. The summed E-state index contributed by atoms with van der Waals surface area (Å²) in [5.41, 5.74) is 6.81. The quantitative estimate of drug-likeness (QED) is 0.844. The number of nitrogens with zero attached hydrogens (tertiary/aromatic N) is 2. The van der Waals surface area contributed by atoms with E-state index in [4.69, 9.17) is 5.73 Å². The van der Waals surface area contributed by atoms with Crippen molar-refractivity contribution >= 4 is 22.4 Å². The zero-order valence-corrected chi connectivity index (χ0v) is 10.8. The van der Waals surface area contributed by atoms with E-state index in [1.807, 2.05) is 6.92 Å². The van der Waals surface area contributed by atoms with Gasteiger partial charge >= 0.3 is 0 Å². The van der Waals surface area contributed by atoms with Gasteiger partial charge in [-0.1, -0.05) is 0 Å². The monoisotopic (exact) mass is 240 g/mol. The van der Waals surface area contributed by atoms with Crippen LogP contribution in [0, 0.1) is 6.92 Å². The molecule has 0 amide bonds. The Morgan fingerprint density at radius 1 is 1.50 bits per heavy atom. The highest BCUT2D eigenvalue weighted by Crippen LogP contribution is 2.26. The summed E-state index contributed by atoms with van der Waals surface area (Å²) in [7, 11) is 0. The average Bonchev–Trinajstić information content (AvgIpc) is 2.83. The van der Waals surface area contributed by atoms with Gasteiger partial charge in [-0.25, -0.2) is 0 Å². The number of hydrogen-bond donors (Lipinski definition) is 2. The first-order valence-corrected chi connectivity index (χ1v) is 6.65. The van der Waals surface area contributed by atoms with Crippen molar-refractivity contribution in [3.63, 3.8) is 0 Å². The fraction of sp³-hybridized carbons (Fsp3) is 0.727. The molecular weight excluding hydrogens is 220 g/mol. The first-order valence-electron chi connectivity index (χ1n) is 5.87. The molecule has 16 heavy (non-hydrogen) atoms. The molecule has 0 aliphatic carbocycles. The summed E-state index contributed by atoms with van der Waals surface area (Å²) < 4.78 is 4.14. The molecule has 1 aromatic heterocycles. The Hall–Kier alpha value is -0.810. The predicted molar refractivity (Wildman–Crippen MR) is 70.0 cm³/mol. The lowest BCUT2D eigenvalue weighted by molar-refractivity contribution is 0.328. The number of rotatable bonds is 4. The maximum atomic E-state index is 5.73. The Morgan fingerprint density at radius 3 is 2.75 bits per heavy atom. The van der Waals surface area contributed by atoms with E-state index in [0.29, 0.717) is 11.9 Å². The maximum Gasteiger partial charge on any atom is 0.142 e. The predicted octanol–water partition coefficient (Wildman–Crippen LogP) is 1.93. The van der Waals surface area contributed by atoms with E-state index in [0.717, 1.165) is 17.1 Å². The van der Waals surface area contributed by atoms with Gasteiger partial charge < -0.3 is 16.0 Å². The molecule has 2 heterocycles. The second kappa shape index (κ2) is 5.01. The van der Waals surface area contributed by atoms with E-state index in [1.165, 1.54) is 37.5 Å². The Bertz CT molecular complexity index is 344. The molecule has 1 aliphatic rings. The van der Waals surface area contributed by atoms with Crippen LogP contribution in [-0.2, 0) is 0 Å². The summed E-state index contributed by atoms with van der Waals surface area (Å²) in [6.07, 6.45) is 2.69. The SMILES string of the molecule is Cc1c(N)nsc1NC(C)CN1CCCC1. The van der Waals surface area contributed by atoms with Crippen LogP contribution < -0.4 is 11.1 Å². The molecule has 0 saturated carbocycles. The molecule has 0 radical (unpaired) electrons. The van der Waals surface area contributed by atoms with Crippen LogP contribution >= 0.6 is 11.5 Å². The van der Waals surface area contributed by atoms with E-state index >= 15 is 0 Å². The van der Waals surface area contributed by atoms with Gasteiger partial charge in [0, 0.05) is 18.2 Å². The Morgan fingerprint density at radius 2 is 2.19 bits per heavy atom. The molecule has 1 fully saturated rings. The highest BCUT2D eigenvalue weighted by atomic mass is 32.1. The summed E-state index contributed by atoms with van der Waals surface area (Å²) in [6, 6.07) is 0.455. The van der Waals surface area contributed by atoms with Gasteiger partial charge in [-0.15, -0.1) is 0 Å². The zero-order chi connectivity index (χ0) is 11.5. The van der Waals surface area contributed by atoms with Crippen molar-refractivity contribution in [3.8, 4) is 0 Å². The molecule has 1 aromatic rings. The summed E-state index contributed by atoms with van der Waals surface area (Å²) in [5.74, 6) is 0.654. The van der Waals surface area contributed by atoms with Gasteiger partial charge in [-0.05, 0) is 51.3 Å². The summed E-state index contributed by atoms with van der Waals surface area (Å²) in [6.45, 7) is 7.83. The van der Waals surface area contributed by atoms with Crippen molar-refractivity contribution in [3.05, 3.63) is 5.56 Å². The molecule has 2 rings (SSSR count). The number of anilines is 2. The minimum absolute atomic E-state index is 0.455. The van der Waals surface area contributed by atoms with Crippen LogP contribution in [0.5, 0.6) is 0 Å². The van der Waals surface area contributed by atoms with Crippen LogP contribution in [0.25, 0.3) is 0 Å². The van der Waals surface area contributed by atoms with Gasteiger partial charge in [0.1, 0.15) is 10.8 Å². The van der Waals surface area contributed by atoms with Crippen molar-refractivity contribution in [2.45, 2.75) is 32.7 Å². The molecule has 3 N–H and O–H groups in total. The first-order chi connectivity index (χ1) is 7.66. The first kappa shape index (κ1) is 11.7. The highest BCUT2D eigenvalue weighted by Gasteiger charge is 2.16. The van der Waals surface area contributed by atoms with Crippen molar-refractivity contribution in [1.82, 2.24) is 9.27 Å². The molecule has 5 heteroatoms. The largest absolute Gasteiger partial charge is 0.383 e. The minimum Gasteiger partial charge on any atom is -0.383 e. The smallest absolute Gasteiger partial charge is 0.142 e. The number of aromatic nitrogens is 1. The van der Waals surface area contributed by atoms with E-state index in [2.05, 4.69) is 21.5 Å². The van der Waals surface area contributed by atoms with Gasteiger partial charge in [-0.3, -0.25) is 0 Å². The Labute approximate surface area is 101 Å². The second-order valence-corrected chi connectivity index (χ2v) is 5.35. The van der Waals surface area contributed by atoms with E-state index in [9.17, 15) is 0 Å². The van der Waals surface area contributed by atoms with Gasteiger partial charge in [0.25, 0.3) is 0 Å². The molecule has 4 nitrogen and oxygen atoms in total. The molecule has 0 aromatic carbocycles. The van der Waals surface area contributed by atoms with Crippen LogP contribution in [0.1, 0.15) is 25.3 Å². The van der Waals surface area contributed by atoms with Crippen molar-refractivity contribution in [2.24, 2.45) is 0 Å². The van der Waals surface area contributed by atoms with Crippen molar-refractivity contribution in [1.29, 1.82) is 0 Å². The molecule has 1 unspecified atom stereocenters. The van der Waals surface area contributed by atoms with Crippen LogP contribution in [0.2, 0.25) is 0 Å². The third kappa shape index (κ3) is 2.65. The normalized spacial score (nSPS) is 18.9. The Kier molecular flexibility index (Phi) is 3.66. The second-order valence-electron chi connectivity index (χ2n) is 4.58. The van der Waals surface area contributed by atoms with Gasteiger partial charge in [-0.2, -0.15) is 4.37 Å². The third-order valence-corrected chi connectivity index (χ3v) is 3.96. The van der Waals surface area contributed by atoms with E-state index in [1.54, 1.807) is 0 Å². The molecule has 90 valence electrons. The lowest BCUT2D eigenvalue weighted by atomic mass is 10.3. The third-order valence-electron chi connectivity index (χ3n) is 3.07. The standard InChI is InChI=1S/C11H20N4S/c1-8(7-15-5-3-4-6-15)13-11-9(2)10(12)14-16-11/h8,13H,3-7H2,1-2H3,(H2,12,14). The van der Waals surface area contributed by atoms with Crippen LogP contribution in [0.4, 0.5) is 10.8 Å². The highest BCUT2D eigenvalue weighted by molar-refractivity contribution is 7.10. The maximum absolute atomic E-state index is 5.73. The van der Waals surface area contributed by atoms with Gasteiger partial charge in [0.05, 0.1) is 0 Å². The minimum atomic E-state index is 0.455. The van der Waals surface area contributed by atoms with E-state index < -0.39 is 0 Å². The van der Waals surface area contributed by atoms with Gasteiger partial charge in [0.2, 0.25) is 0 Å². The molecule has 1 aliphatic heterocycles. The van der Waals surface area contributed by atoms with Crippen molar-refractivity contribution in [2.75, 3.05) is 30.7 Å². The van der Waals surface area contributed by atoms with Crippen molar-refractivity contribution < 1.29 is 0 Å².